The zero-order chi connectivity index (χ0) is 13.4. The molecular weight excluding hydrogens is 228 g/mol. The van der Waals surface area contributed by atoms with Gasteiger partial charge in [-0.1, -0.05) is 19.8 Å². The molecule has 4 nitrogen and oxygen atoms in total. The lowest BCUT2D eigenvalue weighted by atomic mass is 10.1. The van der Waals surface area contributed by atoms with Gasteiger partial charge in [0.2, 0.25) is 0 Å². The lowest BCUT2D eigenvalue weighted by Crippen LogP contribution is -2.29. The molecule has 0 saturated heterocycles. The van der Waals surface area contributed by atoms with Crippen LogP contribution in [0.2, 0.25) is 0 Å². The highest BCUT2D eigenvalue weighted by atomic mass is 16.2. The molecule has 1 aromatic carbocycles. The Morgan fingerprint density at radius 1 is 1.11 bits per heavy atom. The minimum Gasteiger partial charge on any atom is -0.338 e. The Kier molecular flexibility index (Phi) is 5.91. The molecule has 0 aliphatic carbocycles. The molecule has 0 unspecified atom stereocenters. The van der Waals surface area contributed by atoms with E-state index in [-0.39, 0.29) is 11.8 Å². The number of carbonyl (C=O) groups excluding carboxylic acids is 2. The number of urea groups is 1. The third-order valence-corrected chi connectivity index (χ3v) is 2.62. The van der Waals surface area contributed by atoms with Gasteiger partial charge in [-0.05, 0) is 37.6 Å². The Bertz CT molecular complexity index is 399. The largest absolute Gasteiger partial charge is 0.338 e. The summed E-state index contributed by atoms with van der Waals surface area (Å²) < 4.78 is 0. The van der Waals surface area contributed by atoms with Crippen LogP contribution in [0.1, 0.15) is 43.5 Å². The summed E-state index contributed by atoms with van der Waals surface area (Å²) in [6.45, 7) is 4.32. The second-order valence-electron chi connectivity index (χ2n) is 4.22. The minimum atomic E-state index is -0.207. The van der Waals surface area contributed by atoms with Crippen molar-refractivity contribution in [2.45, 2.75) is 33.1 Å². The topological polar surface area (TPSA) is 58.2 Å². The van der Waals surface area contributed by atoms with E-state index in [1.807, 2.05) is 0 Å². The second kappa shape index (κ2) is 7.48. The van der Waals surface area contributed by atoms with E-state index in [0.717, 1.165) is 19.3 Å². The van der Waals surface area contributed by atoms with Gasteiger partial charge in [-0.2, -0.15) is 0 Å². The minimum absolute atomic E-state index is 0.0190. The zero-order valence-corrected chi connectivity index (χ0v) is 11.0. The fourth-order valence-electron chi connectivity index (χ4n) is 1.54. The van der Waals surface area contributed by atoms with Crippen LogP contribution in [0.25, 0.3) is 0 Å². The van der Waals surface area contributed by atoms with Crippen LogP contribution in [0, 0.1) is 0 Å². The van der Waals surface area contributed by atoms with E-state index in [2.05, 4.69) is 17.6 Å². The molecule has 18 heavy (non-hydrogen) atoms. The molecule has 0 heterocycles. The van der Waals surface area contributed by atoms with E-state index in [0.29, 0.717) is 17.8 Å². The van der Waals surface area contributed by atoms with Crippen LogP contribution in [0.4, 0.5) is 10.5 Å². The molecule has 0 radical (unpaired) electrons. The van der Waals surface area contributed by atoms with Gasteiger partial charge in [0.1, 0.15) is 0 Å². The molecule has 1 rings (SSSR count). The number of unbranched alkanes of at least 4 members (excludes halogenated alkanes) is 2. The van der Waals surface area contributed by atoms with Crippen LogP contribution in [-0.4, -0.2) is 18.4 Å². The standard InChI is InChI=1S/C14H20N2O2/c1-3-4-5-10-15-14(18)16-13-8-6-12(7-9-13)11(2)17/h6-9H,3-5,10H2,1-2H3,(H2,15,16,18). The Morgan fingerprint density at radius 2 is 1.78 bits per heavy atom. The molecule has 0 atom stereocenters. The maximum Gasteiger partial charge on any atom is 0.319 e. The fourth-order valence-corrected chi connectivity index (χ4v) is 1.54. The van der Waals surface area contributed by atoms with Gasteiger partial charge in [-0.15, -0.1) is 0 Å². The van der Waals surface area contributed by atoms with Crippen molar-refractivity contribution in [1.29, 1.82) is 0 Å². The molecule has 0 aliphatic heterocycles. The van der Waals surface area contributed by atoms with Crippen molar-refractivity contribution in [3.05, 3.63) is 29.8 Å². The summed E-state index contributed by atoms with van der Waals surface area (Å²) in [6.07, 6.45) is 3.25. The van der Waals surface area contributed by atoms with Gasteiger partial charge >= 0.3 is 6.03 Å². The SMILES string of the molecule is CCCCCNC(=O)Nc1ccc(C(C)=O)cc1. The van der Waals surface area contributed by atoms with Gasteiger partial charge in [0.25, 0.3) is 0 Å². The van der Waals surface area contributed by atoms with E-state index >= 15 is 0 Å². The first-order valence-electron chi connectivity index (χ1n) is 6.29. The molecule has 0 bridgehead atoms. The molecule has 98 valence electrons. The summed E-state index contributed by atoms with van der Waals surface area (Å²) in [5, 5.41) is 5.51. The van der Waals surface area contributed by atoms with Crippen LogP contribution in [0.3, 0.4) is 0 Å². The van der Waals surface area contributed by atoms with Crippen LogP contribution in [-0.2, 0) is 0 Å². The van der Waals surface area contributed by atoms with Crippen molar-refractivity contribution in [2.75, 3.05) is 11.9 Å². The lowest BCUT2D eigenvalue weighted by molar-refractivity contribution is 0.101. The predicted molar refractivity (Wildman–Crippen MR) is 73.0 cm³/mol. The number of hydrogen-bond donors (Lipinski definition) is 2. The summed E-state index contributed by atoms with van der Waals surface area (Å²) in [5.74, 6) is 0.0190. The Labute approximate surface area is 108 Å². The molecule has 2 amide bonds. The number of Topliss-reactive ketones (excluding diaryl/α,β-unsaturated/α-hetero) is 1. The first-order chi connectivity index (χ1) is 8.63. The predicted octanol–water partition coefficient (Wildman–Crippen LogP) is 3.20. The summed E-state index contributed by atoms with van der Waals surface area (Å²) in [5.41, 5.74) is 1.33. The number of amides is 2. The number of hydrogen-bond acceptors (Lipinski definition) is 2. The van der Waals surface area contributed by atoms with Crippen molar-refractivity contribution in [2.24, 2.45) is 0 Å². The first kappa shape index (κ1) is 14.2. The van der Waals surface area contributed by atoms with E-state index in [1.54, 1.807) is 24.3 Å². The van der Waals surface area contributed by atoms with E-state index in [9.17, 15) is 9.59 Å². The molecule has 0 aromatic heterocycles. The smallest absolute Gasteiger partial charge is 0.319 e. The number of carbonyl (C=O) groups is 2. The molecule has 4 heteroatoms. The first-order valence-corrected chi connectivity index (χ1v) is 6.29. The van der Waals surface area contributed by atoms with Gasteiger partial charge in [0.05, 0.1) is 0 Å². The molecule has 1 aromatic rings. The average Bonchev–Trinajstić information content (AvgIpc) is 2.35. The summed E-state index contributed by atoms with van der Waals surface area (Å²) in [6, 6.07) is 6.65. The van der Waals surface area contributed by atoms with Crippen LogP contribution < -0.4 is 10.6 Å². The van der Waals surface area contributed by atoms with Gasteiger partial charge in [0, 0.05) is 17.8 Å². The Hall–Kier alpha value is -1.84. The van der Waals surface area contributed by atoms with Gasteiger partial charge in [-0.25, -0.2) is 4.79 Å². The van der Waals surface area contributed by atoms with Crippen molar-refractivity contribution in [3.8, 4) is 0 Å². The lowest BCUT2D eigenvalue weighted by Gasteiger charge is -2.07. The molecular formula is C14H20N2O2. The number of rotatable bonds is 6. The second-order valence-corrected chi connectivity index (χ2v) is 4.22. The van der Waals surface area contributed by atoms with E-state index in [4.69, 9.17) is 0 Å². The van der Waals surface area contributed by atoms with Crippen LogP contribution in [0.5, 0.6) is 0 Å². The maximum atomic E-state index is 11.5. The summed E-state index contributed by atoms with van der Waals surface area (Å²) >= 11 is 0. The van der Waals surface area contributed by atoms with E-state index in [1.165, 1.54) is 6.92 Å². The maximum absolute atomic E-state index is 11.5. The number of ketones is 1. The molecule has 0 saturated carbocycles. The molecule has 0 spiro atoms. The summed E-state index contributed by atoms with van der Waals surface area (Å²) in [4.78, 5) is 22.6. The quantitative estimate of drug-likeness (QED) is 0.600. The monoisotopic (exact) mass is 248 g/mol. The highest BCUT2D eigenvalue weighted by molar-refractivity contribution is 5.95. The Balaban J connectivity index is 2.37. The van der Waals surface area contributed by atoms with Gasteiger partial charge in [0.15, 0.2) is 5.78 Å². The Morgan fingerprint density at radius 3 is 2.33 bits per heavy atom. The molecule has 0 fully saturated rings. The normalized spacial score (nSPS) is 9.89. The van der Waals surface area contributed by atoms with E-state index < -0.39 is 0 Å². The van der Waals surface area contributed by atoms with Crippen molar-refractivity contribution in [3.63, 3.8) is 0 Å². The fraction of sp³-hybridized carbons (Fsp3) is 0.429. The molecule has 2 N–H and O–H groups in total. The third kappa shape index (κ3) is 4.99. The highest BCUT2D eigenvalue weighted by Gasteiger charge is 2.02. The zero-order valence-electron chi connectivity index (χ0n) is 11.0. The van der Waals surface area contributed by atoms with Gasteiger partial charge < -0.3 is 10.6 Å². The van der Waals surface area contributed by atoms with Crippen molar-refractivity contribution in [1.82, 2.24) is 5.32 Å². The average molecular weight is 248 g/mol. The summed E-state index contributed by atoms with van der Waals surface area (Å²) in [7, 11) is 0. The number of anilines is 1. The third-order valence-electron chi connectivity index (χ3n) is 2.62. The van der Waals surface area contributed by atoms with Gasteiger partial charge in [-0.3, -0.25) is 4.79 Å². The van der Waals surface area contributed by atoms with Crippen LogP contribution in [0.15, 0.2) is 24.3 Å². The highest BCUT2D eigenvalue weighted by Crippen LogP contribution is 2.09. The van der Waals surface area contributed by atoms with Crippen LogP contribution >= 0.6 is 0 Å². The number of benzene rings is 1. The molecule has 0 aliphatic rings. The number of nitrogens with one attached hydrogen (secondary N) is 2. The van der Waals surface area contributed by atoms with Crippen molar-refractivity contribution < 1.29 is 9.59 Å². The van der Waals surface area contributed by atoms with Crippen molar-refractivity contribution >= 4 is 17.5 Å².